The molecule has 0 unspecified atom stereocenters. The molecule has 2 heterocycles. The molecule has 1 fully saturated rings. The highest BCUT2D eigenvalue weighted by molar-refractivity contribution is 6.31. The van der Waals surface area contributed by atoms with Crippen LogP contribution in [0.1, 0.15) is 55.5 Å². The summed E-state index contributed by atoms with van der Waals surface area (Å²) in [7, 11) is 0. The Hall–Kier alpha value is -3.39. The van der Waals surface area contributed by atoms with Crippen LogP contribution in [0.2, 0.25) is 5.02 Å². The Labute approximate surface area is 207 Å². The van der Waals surface area contributed by atoms with Gasteiger partial charge in [-0.2, -0.15) is 0 Å². The van der Waals surface area contributed by atoms with Crippen molar-refractivity contribution < 1.29 is 4.79 Å². The molecule has 1 aliphatic rings. The first-order chi connectivity index (χ1) is 16.8. The molecule has 2 aromatic heterocycles. The quantitative estimate of drug-likeness (QED) is 0.442. The third-order valence-electron chi connectivity index (χ3n) is 6.56. The van der Waals surface area contributed by atoms with Crippen LogP contribution in [-0.2, 0) is 13.1 Å². The molecular formula is C26H28ClN5O3. The van der Waals surface area contributed by atoms with E-state index in [1.54, 1.807) is 24.3 Å². The molecule has 0 radical (unpaired) electrons. The highest BCUT2D eigenvalue weighted by Crippen LogP contribution is 2.20. The van der Waals surface area contributed by atoms with E-state index in [4.69, 9.17) is 11.6 Å². The monoisotopic (exact) mass is 493 g/mol. The molecule has 0 bridgehead atoms. The molecule has 2 aromatic carbocycles. The molecule has 1 saturated carbocycles. The van der Waals surface area contributed by atoms with E-state index in [1.807, 2.05) is 32.0 Å². The number of hydrogen-bond donors (Lipinski definition) is 1. The summed E-state index contributed by atoms with van der Waals surface area (Å²) in [4.78, 5) is 39.9. The van der Waals surface area contributed by atoms with Crippen molar-refractivity contribution in [2.75, 3.05) is 0 Å². The number of aromatic nitrogens is 4. The van der Waals surface area contributed by atoms with E-state index in [2.05, 4.69) is 10.4 Å². The number of fused-ring (bicyclic) bond motifs is 3. The van der Waals surface area contributed by atoms with Crippen LogP contribution in [0.25, 0.3) is 16.7 Å². The number of carbonyl (C=O) groups excluding carboxylic acids is 1. The first-order valence-electron chi connectivity index (χ1n) is 12.0. The maximum absolute atomic E-state index is 13.6. The fourth-order valence-corrected chi connectivity index (χ4v) is 5.01. The minimum Gasteiger partial charge on any atom is -0.349 e. The van der Waals surface area contributed by atoms with Crippen molar-refractivity contribution >= 4 is 34.2 Å². The number of benzene rings is 2. The van der Waals surface area contributed by atoms with Gasteiger partial charge in [-0.1, -0.05) is 56.5 Å². The smallest absolute Gasteiger partial charge is 0.349 e. The average Bonchev–Trinajstić information content (AvgIpc) is 3.45. The molecule has 8 nitrogen and oxygen atoms in total. The SMILES string of the molecule is CC(C)Cn1c(=O)c2ccc(C(=O)NC3CCCC3)cc2n2c(=O)n(Cc3ccccc3Cl)nc12. The number of nitrogens with zero attached hydrogens (tertiary/aromatic N) is 4. The van der Waals surface area contributed by atoms with Crippen LogP contribution in [0.3, 0.4) is 0 Å². The lowest BCUT2D eigenvalue weighted by Crippen LogP contribution is -2.33. The predicted molar refractivity (Wildman–Crippen MR) is 136 cm³/mol. The number of hydrogen-bond acceptors (Lipinski definition) is 4. The number of rotatable bonds is 6. The van der Waals surface area contributed by atoms with Gasteiger partial charge in [0.2, 0.25) is 5.78 Å². The highest BCUT2D eigenvalue weighted by Gasteiger charge is 2.22. The van der Waals surface area contributed by atoms with Crippen LogP contribution in [0.5, 0.6) is 0 Å². The third-order valence-corrected chi connectivity index (χ3v) is 6.92. The number of halogens is 1. The minimum absolute atomic E-state index is 0.161. The summed E-state index contributed by atoms with van der Waals surface area (Å²) >= 11 is 6.32. The van der Waals surface area contributed by atoms with Crippen molar-refractivity contribution in [1.82, 2.24) is 24.1 Å². The summed E-state index contributed by atoms with van der Waals surface area (Å²) in [5, 5.41) is 8.52. The van der Waals surface area contributed by atoms with Gasteiger partial charge < -0.3 is 5.32 Å². The van der Waals surface area contributed by atoms with Gasteiger partial charge in [0.05, 0.1) is 17.4 Å². The van der Waals surface area contributed by atoms with Crippen molar-refractivity contribution in [3.05, 3.63) is 79.5 Å². The van der Waals surface area contributed by atoms with Gasteiger partial charge in [0, 0.05) is 23.2 Å². The van der Waals surface area contributed by atoms with E-state index >= 15 is 0 Å². The minimum atomic E-state index is -0.393. The Balaban J connectivity index is 1.69. The molecule has 1 N–H and O–H groups in total. The Bertz CT molecular complexity index is 1540. The topological polar surface area (TPSA) is 90.4 Å². The Morgan fingerprint density at radius 3 is 2.60 bits per heavy atom. The summed E-state index contributed by atoms with van der Waals surface area (Å²) < 4.78 is 4.29. The predicted octanol–water partition coefficient (Wildman–Crippen LogP) is 3.84. The van der Waals surface area contributed by atoms with Gasteiger partial charge >= 0.3 is 5.69 Å². The molecule has 0 saturated heterocycles. The second kappa shape index (κ2) is 9.34. The average molecular weight is 494 g/mol. The number of amides is 1. The van der Waals surface area contributed by atoms with Crippen molar-refractivity contribution in [3.63, 3.8) is 0 Å². The summed E-state index contributed by atoms with van der Waals surface area (Å²) in [5.41, 5.74) is 0.907. The lowest BCUT2D eigenvalue weighted by atomic mass is 10.1. The standard InChI is InChI=1S/C26H28ClN5O3/c1-16(2)14-30-24(34)20-12-11-17(23(33)28-19-8-4-5-9-19)13-22(20)32-25(30)29-31(26(32)35)15-18-7-3-6-10-21(18)27/h3,6-7,10-13,16,19H,4-5,8-9,14-15H2,1-2H3,(H,28,33). The van der Waals surface area contributed by atoms with E-state index in [0.717, 1.165) is 31.2 Å². The van der Waals surface area contributed by atoms with Gasteiger partial charge in [0.1, 0.15) is 0 Å². The molecule has 0 spiro atoms. The molecular weight excluding hydrogens is 466 g/mol. The lowest BCUT2D eigenvalue weighted by Gasteiger charge is -2.14. The highest BCUT2D eigenvalue weighted by atomic mass is 35.5. The maximum atomic E-state index is 13.6. The molecule has 4 aromatic rings. The van der Waals surface area contributed by atoms with Crippen molar-refractivity contribution in [3.8, 4) is 0 Å². The summed E-state index contributed by atoms with van der Waals surface area (Å²) in [6.45, 7) is 4.58. The summed E-state index contributed by atoms with van der Waals surface area (Å²) in [5.74, 6) is 0.214. The van der Waals surface area contributed by atoms with E-state index in [9.17, 15) is 14.4 Å². The van der Waals surface area contributed by atoms with E-state index in [0.29, 0.717) is 28.0 Å². The largest absolute Gasteiger partial charge is 0.352 e. The molecule has 0 aliphatic heterocycles. The molecule has 5 rings (SSSR count). The second-order valence-electron chi connectivity index (χ2n) is 9.66. The zero-order valence-corrected chi connectivity index (χ0v) is 20.6. The first-order valence-corrected chi connectivity index (χ1v) is 12.4. The summed E-state index contributed by atoms with van der Waals surface area (Å²) in [6, 6.07) is 12.3. The van der Waals surface area contributed by atoms with E-state index in [-0.39, 0.29) is 35.7 Å². The van der Waals surface area contributed by atoms with Crippen molar-refractivity contribution in [1.29, 1.82) is 0 Å². The fourth-order valence-electron chi connectivity index (χ4n) is 4.82. The third kappa shape index (κ3) is 4.38. The Morgan fingerprint density at radius 1 is 1.14 bits per heavy atom. The van der Waals surface area contributed by atoms with Gasteiger partial charge in [-0.05, 0) is 48.6 Å². The zero-order chi connectivity index (χ0) is 24.7. The van der Waals surface area contributed by atoms with E-state index < -0.39 is 5.69 Å². The lowest BCUT2D eigenvalue weighted by molar-refractivity contribution is 0.0938. The Kier molecular flexibility index (Phi) is 6.23. The van der Waals surface area contributed by atoms with Crippen LogP contribution in [0, 0.1) is 5.92 Å². The van der Waals surface area contributed by atoms with Gasteiger partial charge in [-0.25, -0.2) is 13.9 Å². The summed E-state index contributed by atoms with van der Waals surface area (Å²) in [6.07, 6.45) is 4.16. The van der Waals surface area contributed by atoms with Crippen LogP contribution in [0.15, 0.2) is 52.1 Å². The fraction of sp³-hybridized carbons (Fsp3) is 0.385. The first kappa shape index (κ1) is 23.4. The normalized spacial score (nSPS) is 14.4. The van der Waals surface area contributed by atoms with Gasteiger partial charge in [-0.3, -0.25) is 14.2 Å². The van der Waals surface area contributed by atoms with Gasteiger partial charge in [0.25, 0.3) is 11.5 Å². The van der Waals surface area contributed by atoms with Crippen LogP contribution in [0.4, 0.5) is 0 Å². The number of carbonyl (C=O) groups is 1. The van der Waals surface area contributed by atoms with Crippen LogP contribution < -0.4 is 16.6 Å². The molecule has 1 aliphatic carbocycles. The zero-order valence-electron chi connectivity index (χ0n) is 19.8. The van der Waals surface area contributed by atoms with E-state index in [1.165, 1.54) is 13.6 Å². The van der Waals surface area contributed by atoms with Crippen molar-refractivity contribution in [2.24, 2.45) is 5.92 Å². The van der Waals surface area contributed by atoms with Gasteiger partial charge in [0.15, 0.2) is 0 Å². The van der Waals surface area contributed by atoms with Crippen LogP contribution in [-0.4, -0.2) is 30.7 Å². The second-order valence-corrected chi connectivity index (χ2v) is 10.1. The van der Waals surface area contributed by atoms with Crippen molar-refractivity contribution in [2.45, 2.75) is 58.7 Å². The molecule has 1 amide bonds. The van der Waals surface area contributed by atoms with Gasteiger partial charge in [-0.15, -0.1) is 5.10 Å². The molecule has 9 heteroatoms. The molecule has 0 atom stereocenters. The Morgan fingerprint density at radius 2 is 1.89 bits per heavy atom. The maximum Gasteiger partial charge on any atom is 0.352 e. The van der Waals surface area contributed by atoms with Crippen LogP contribution >= 0.6 is 11.6 Å². The number of nitrogens with one attached hydrogen (secondary N) is 1. The molecule has 182 valence electrons. The molecule has 35 heavy (non-hydrogen) atoms.